The third kappa shape index (κ3) is 3.93. The summed E-state index contributed by atoms with van der Waals surface area (Å²) in [5.41, 5.74) is 1.56. The first-order valence-electron chi connectivity index (χ1n) is 6.50. The van der Waals surface area contributed by atoms with Crippen LogP contribution in [0, 0.1) is 0 Å². The number of aliphatic hydroxyl groups is 1. The van der Waals surface area contributed by atoms with Crippen LogP contribution < -0.4 is 5.32 Å². The van der Waals surface area contributed by atoms with Gasteiger partial charge in [-0.3, -0.25) is 4.90 Å². The number of benzene rings is 1. The number of piperazine rings is 1. The van der Waals surface area contributed by atoms with Gasteiger partial charge in [0.2, 0.25) is 0 Å². The zero-order chi connectivity index (χ0) is 13.7. The molecule has 2 rings (SSSR count). The predicted octanol–water partition coefficient (Wildman–Crippen LogP) is 0.834. The van der Waals surface area contributed by atoms with Gasteiger partial charge in [-0.25, -0.2) is 4.79 Å². The monoisotopic (exact) mass is 300 g/mol. The Morgan fingerprint density at radius 1 is 1.35 bits per heavy atom. The Labute approximate surface area is 125 Å². The van der Waals surface area contributed by atoms with Gasteiger partial charge in [-0.2, -0.15) is 0 Å². The highest BCUT2D eigenvalue weighted by Crippen LogP contribution is 2.21. The summed E-state index contributed by atoms with van der Waals surface area (Å²) in [7, 11) is 1.37. The van der Waals surface area contributed by atoms with E-state index in [0.717, 1.165) is 31.7 Å². The van der Waals surface area contributed by atoms with E-state index >= 15 is 0 Å². The number of esters is 1. The van der Waals surface area contributed by atoms with Crippen LogP contribution >= 0.6 is 12.4 Å². The lowest BCUT2D eigenvalue weighted by molar-refractivity contribution is 0.0600. The third-order valence-electron chi connectivity index (χ3n) is 3.48. The smallest absolute Gasteiger partial charge is 0.337 e. The highest BCUT2D eigenvalue weighted by Gasteiger charge is 2.21. The van der Waals surface area contributed by atoms with Crippen LogP contribution in [0.5, 0.6) is 0 Å². The van der Waals surface area contributed by atoms with Gasteiger partial charge in [0.05, 0.1) is 25.3 Å². The number of halogens is 1. The summed E-state index contributed by atoms with van der Waals surface area (Å²) < 4.78 is 4.67. The molecule has 0 amide bonds. The molecule has 1 heterocycles. The summed E-state index contributed by atoms with van der Waals surface area (Å²) in [6, 6.07) is 7.25. The van der Waals surface area contributed by atoms with Crippen molar-refractivity contribution in [2.75, 3.05) is 39.9 Å². The molecule has 112 valence electrons. The van der Waals surface area contributed by atoms with Crippen molar-refractivity contribution in [3.8, 4) is 0 Å². The van der Waals surface area contributed by atoms with E-state index in [1.807, 2.05) is 12.1 Å². The van der Waals surface area contributed by atoms with Crippen LogP contribution in [0.4, 0.5) is 0 Å². The van der Waals surface area contributed by atoms with E-state index in [4.69, 9.17) is 0 Å². The molecule has 1 aliphatic heterocycles. The maximum absolute atomic E-state index is 11.4. The van der Waals surface area contributed by atoms with Crippen molar-refractivity contribution >= 4 is 18.4 Å². The summed E-state index contributed by atoms with van der Waals surface area (Å²) in [6.45, 7) is 3.80. The molecule has 2 N–H and O–H groups in total. The minimum Gasteiger partial charge on any atom is -0.465 e. The van der Waals surface area contributed by atoms with E-state index in [2.05, 4.69) is 15.0 Å². The van der Waals surface area contributed by atoms with Gasteiger partial charge >= 0.3 is 5.97 Å². The normalized spacial score (nSPS) is 17.1. The Kier molecular flexibility index (Phi) is 6.95. The third-order valence-corrected chi connectivity index (χ3v) is 3.48. The fourth-order valence-electron chi connectivity index (χ4n) is 2.38. The number of carbonyl (C=O) groups is 1. The molecule has 1 fully saturated rings. The fraction of sp³-hybridized carbons (Fsp3) is 0.500. The Balaban J connectivity index is 0.00000200. The lowest BCUT2D eigenvalue weighted by Crippen LogP contribution is -2.46. The highest BCUT2D eigenvalue weighted by atomic mass is 35.5. The SMILES string of the molecule is COC(=O)c1ccc([C@@H](CO)N2CCNCC2)cc1.Cl. The van der Waals surface area contributed by atoms with Crippen LogP contribution in [0.25, 0.3) is 0 Å². The molecule has 0 aliphatic carbocycles. The van der Waals surface area contributed by atoms with Crippen LogP contribution in [0.2, 0.25) is 0 Å². The van der Waals surface area contributed by atoms with Crippen LogP contribution in [0.3, 0.4) is 0 Å². The Bertz CT molecular complexity index is 419. The molecular weight excluding hydrogens is 280 g/mol. The number of aliphatic hydroxyl groups excluding tert-OH is 1. The number of hydrogen-bond donors (Lipinski definition) is 2. The quantitative estimate of drug-likeness (QED) is 0.807. The molecule has 1 aliphatic rings. The van der Waals surface area contributed by atoms with Crippen molar-refractivity contribution in [2.45, 2.75) is 6.04 Å². The molecule has 1 atom stereocenters. The van der Waals surface area contributed by atoms with E-state index in [9.17, 15) is 9.90 Å². The predicted molar refractivity (Wildman–Crippen MR) is 79.3 cm³/mol. The minimum atomic E-state index is -0.339. The summed E-state index contributed by atoms with van der Waals surface area (Å²) in [5.74, 6) is -0.339. The van der Waals surface area contributed by atoms with Gasteiger partial charge in [0.25, 0.3) is 0 Å². The van der Waals surface area contributed by atoms with E-state index in [1.54, 1.807) is 12.1 Å². The molecular formula is C14H21ClN2O3. The van der Waals surface area contributed by atoms with Gasteiger partial charge in [-0.1, -0.05) is 12.1 Å². The molecule has 1 aromatic rings. The topological polar surface area (TPSA) is 61.8 Å². The highest BCUT2D eigenvalue weighted by molar-refractivity contribution is 5.89. The summed E-state index contributed by atoms with van der Waals surface area (Å²) in [4.78, 5) is 13.6. The van der Waals surface area contributed by atoms with Gasteiger partial charge in [-0.05, 0) is 17.7 Å². The van der Waals surface area contributed by atoms with Crippen LogP contribution in [-0.2, 0) is 4.74 Å². The van der Waals surface area contributed by atoms with E-state index in [-0.39, 0.29) is 31.0 Å². The first kappa shape index (κ1) is 16.9. The number of methoxy groups -OCH3 is 1. The molecule has 0 aromatic heterocycles. The second-order valence-electron chi connectivity index (χ2n) is 4.60. The molecule has 0 bridgehead atoms. The second-order valence-corrected chi connectivity index (χ2v) is 4.60. The Morgan fingerprint density at radius 2 is 1.95 bits per heavy atom. The summed E-state index contributed by atoms with van der Waals surface area (Å²) in [5, 5.41) is 12.9. The van der Waals surface area contributed by atoms with Crippen molar-refractivity contribution in [3.05, 3.63) is 35.4 Å². The lowest BCUT2D eigenvalue weighted by atomic mass is 10.0. The van der Waals surface area contributed by atoms with Crippen molar-refractivity contribution in [1.29, 1.82) is 0 Å². The molecule has 6 heteroatoms. The number of ether oxygens (including phenoxy) is 1. The van der Waals surface area contributed by atoms with Crippen molar-refractivity contribution in [3.63, 3.8) is 0 Å². The minimum absolute atomic E-state index is 0. The molecule has 20 heavy (non-hydrogen) atoms. The van der Waals surface area contributed by atoms with Gasteiger partial charge in [-0.15, -0.1) is 12.4 Å². The van der Waals surface area contributed by atoms with E-state index in [0.29, 0.717) is 5.56 Å². The molecule has 0 unspecified atom stereocenters. The maximum Gasteiger partial charge on any atom is 0.337 e. The summed E-state index contributed by atoms with van der Waals surface area (Å²) in [6.07, 6.45) is 0. The molecule has 0 saturated carbocycles. The van der Waals surface area contributed by atoms with Crippen molar-refractivity contribution in [1.82, 2.24) is 10.2 Å². The number of hydrogen-bond acceptors (Lipinski definition) is 5. The molecule has 0 spiro atoms. The average Bonchev–Trinajstić information content (AvgIpc) is 2.49. The van der Waals surface area contributed by atoms with E-state index in [1.165, 1.54) is 7.11 Å². The molecule has 5 nitrogen and oxygen atoms in total. The molecule has 1 saturated heterocycles. The van der Waals surface area contributed by atoms with Crippen molar-refractivity contribution in [2.24, 2.45) is 0 Å². The van der Waals surface area contributed by atoms with Crippen LogP contribution in [-0.4, -0.2) is 55.9 Å². The van der Waals surface area contributed by atoms with Crippen molar-refractivity contribution < 1.29 is 14.6 Å². The van der Waals surface area contributed by atoms with Gasteiger partial charge in [0.1, 0.15) is 0 Å². The first-order chi connectivity index (χ1) is 9.26. The number of nitrogens with one attached hydrogen (secondary N) is 1. The standard InChI is InChI=1S/C14H20N2O3.ClH/c1-19-14(18)12-4-2-11(3-5-12)13(10-17)16-8-6-15-7-9-16;/h2-5,13,15,17H,6-10H2,1H3;1H/t13-;/m1./s1. The fourth-order valence-corrected chi connectivity index (χ4v) is 2.38. The van der Waals surface area contributed by atoms with Crippen LogP contribution in [0.15, 0.2) is 24.3 Å². The van der Waals surface area contributed by atoms with Crippen LogP contribution in [0.1, 0.15) is 22.0 Å². The summed E-state index contributed by atoms with van der Waals surface area (Å²) >= 11 is 0. The van der Waals surface area contributed by atoms with Gasteiger partial charge in [0, 0.05) is 26.2 Å². The zero-order valence-electron chi connectivity index (χ0n) is 11.5. The van der Waals surface area contributed by atoms with Gasteiger partial charge < -0.3 is 15.2 Å². The van der Waals surface area contributed by atoms with E-state index < -0.39 is 0 Å². The molecule has 0 radical (unpaired) electrons. The lowest BCUT2D eigenvalue weighted by Gasteiger charge is -2.34. The first-order valence-corrected chi connectivity index (χ1v) is 6.50. The Morgan fingerprint density at radius 3 is 2.45 bits per heavy atom. The zero-order valence-corrected chi connectivity index (χ0v) is 12.4. The van der Waals surface area contributed by atoms with Gasteiger partial charge in [0.15, 0.2) is 0 Å². The second kappa shape index (κ2) is 8.21. The largest absolute Gasteiger partial charge is 0.465 e. The number of nitrogens with zero attached hydrogens (tertiary/aromatic N) is 1. The molecule has 1 aromatic carbocycles. The number of rotatable bonds is 4. The maximum atomic E-state index is 11.4. The Hall–Kier alpha value is -1.14. The number of carbonyl (C=O) groups excluding carboxylic acids is 1. The average molecular weight is 301 g/mol.